The van der Waals surface area contributed by atoms with E-state index in [1.165, 1.54) is 5.56 Å². The summed E-state index contributed by atoms with van der Waals surface area (Å²) in [7, 11) is 0. The van der Waals surface area contributed by atoms with Crippen LogP contribution >= 0.6 is 31.9 Å². The van der Waals surface area contributed by atoms with Crippen LogP contribution in [0.25, 0.3) is 0 Å². The van der Waals surface area contributed by atoms with Gasteiger partial charge in [0.25, 0.3) is 0 Å². The molecule has 0 atom stereocenters. The van der Waals surface area contributed by atoms with Gasteiger partial charge < -0.3 is 10.5 Å². The Hall–Kier alpha value is -0.910. The first-order valence-electron chi connectivity index (χ1n) is 5.46. The van der Waals surface area contributed by atoms with Gasteiger partial charge in [-0.3, -0.25) is 4.98 Å². The highest BCUT2D eigenvalue weighted by atomic mass is 79.9. The Bertz CT molecular complexity index is 546. The lowest BCUT2D eigenvalue weighted by Gasteiger charge is -2.09. The molecule has 5 heteroatoms. The van der Waals surface area contributed by atoms with Crippen LogP contribution in [0.5, 0.6) is 11.5 Å². The lowest BCUT2D eigenvalue weighted by atomic mass is 10.1. The van der Waals surface area contributed by atoms with Crippen molar-refractivity contribution < 1.29 is 4.74 Å². The topological polar surface area (TPSA) is 48.1 Å². The fourth-order valence-corrected chi connectivity index (χ4v) is 2.38. The van der Waals surface area contributed by atoms with Gasteiger partial charge >= 0.3 is 0 Å². The number of pyridine rings is 1. The van der Waals surface area contributed by atoms with Crippen LogP contribution in [0.4, 0.5) is 0 Å². The van der Waals surface area contributed by atoms with E-state index in [0.29, 0.717) is 12.3 Å². The summed E-state index contributed by atoms with van der Waals surface area (Å²) < 4.78 is 7.55. The summed E-state index contributed by atoms with van der Waals surface area (Å²) in [5.74, 6) is 1.45. The van der Waals surface area contributed by atoms with E-state index in [9.17, 15) is 0 Å². The van der Waals surface area contributed by atoms with Crippen molar-refractivity contribution in [3.8, 4) is 11.5 Å². The van der Waals surface area contributed by atoms with Crippen molar-refractivity contribution in [1.29, 1.82) is 0 Å². The highest BCUT2D eigenvalue weighted by molar-refractivity contribution is 9.10. The molecule has 0 saturated carbocycles. The second kappa shape index (κ2) is 6.31. The summed E-state index contributed by atoms with van der Waals surface area (Å²) in [5, 5.41) is 0. The molecule has 2 rings (SSSR count). The summed E-state index contributed by atoms with van der Waals surface area (Å²) in [6.45, 7) is 0.641. The molecule has 0 spiro atoms. The van der Waals surface area contributed by atoms with Crippen molar-refractivity contribution in [3.05, 3.63) is 51.2 Å². The summed E-state index contributed by atoms with van der Waals surface area (Å²) in [6, 6.07) is 7.83. The zero-order valence-corrected chi connectivity index (χ0v) is 12.7. The van der Waals surface area contributed by atoms with E-state index in [-0.39, 0.29) is 0 Å². The molecule has 0 aliphatic rings. The van der Waals surface area contributed by atoms with E-state index >= 15 is 0 Å². The van der Waals surface area contributed by atoms with Crippen LogP contribution in [-0.4, -0.2) is 11.5 Å². The summed E-state index contributed by atoms with van der Waals surface area (Å²) in [5.41, 5.74) is 6.71. The fourth-order valence-electron chi connectivity index (χ4n) is 1.52. The number of ether oxygens (including phenoxy) is 1. The van der Waals surface area contributed by atoms with Crippen molar-refractivity contribution in [2.75, 3.05) is 6.54 Å². The molecular weight excluding hydrogens is 360 g/mol. The average Bonchev–Trinajstić information content (AvgIpc) is 2.33. The SMILES string of the molecule is NCCc1ccc(Oc2cncc(Br)c2)c(Br)c1. The van der Waals surface area contributed by atoms with Crippen molar-refractivity contribution in [3.63, 3.8) is 0 Å². The van der Waals surface area contributed by atoms with E-state index < -0.39 is 0 Å². The molecule has 0 amide bonds. The van der Waals surface area contributed by atoms with Gasteiger partial charge in [0.15, 0.2) is 0 Å². The first-order chi connectivity index (χ1) is 8.69. The van der Waals surface area contributed by atoms with Gasteiger partial charge in [0.2, 0.25) is 0 Å². The minimum Gasteiger partial charge on any atom is -0.455 e. The molecule has 0 radical (unpaired) electrons. The molecule has 1 aromatic carbocycles. The smallest absolute Gasteiger partial charge is 0.146 e. The second-order valence-corrected chi connectivity index (χ2v) is 5.51. The third kappa shape index (κ3) is 3.54. The maximum absolute atomic E-state index is 5.75. The van der Waals surface area contributed by atoms with Crippen LogP contribution in [0.1, 0.15) is 5.56 Å². The highest BCUT2D eigenvalue weighted by Gasteiger charge is 2.04. The summed E-state index contributed by atoms with van der Waals surface area (Å²) in [6.07, 6.45) is 4.24. The van der Waals surface area contributed by atoms with Crippen LogP contribution in [0.15, 0.2) is 45.6 Å². The van der Waals surface area contributed by atoms with E-state index in [0.717, 1.165) is 21.1 Å². The molecule has 2 N–H and O–H groups in total. The number of halogens is 2. The second-order valence-electron chi connectivity index (χ2n) is 3.74. The molecule has 2 aromatic rings. The van der Waals surface area contributed by atoms with E-state index in [1.54, 1.807) is 12.4 Å². The molecule has 3 nitrogen and oxygen atoms in total. The zero-order chi connectivity index (χ0) is 13.0. The first-order valence-corrected chi connectivity index (χ1v) is 7.04. The van der Waals surface area contributed by atoms with Crippen molar-refractivity contribution >= 4 is 31.9 Å². The normalized spacial score (nSPS) is 10.4. The first kappa shape index (κ1) is 13.5. The van der Waals surface area contributed by atoms with Crippen LogP contribution in [-0.2, 0) is 6.42 Å². The maximum atomic E-state index is 5.75. The number of hydrogen-bond acceptors (Lipinski definition) is 3. The molecule has 0 saturated heterocycles. The van der Waals surface area contributed by atoms with Gasteiger partial charge in [0.05, 0.1) is 10.7 Å². The quantitative estimate of drug-likeness (QED) is 0.886. The Morgan fingerprint density at radius 2 is 2.00 bits per heavy atom. The molecule has 1 aromatic heterocycles. The Balaban J connectivity index is 2.19. The van der Waals surface area contributed by atoms with Crippen LogP contribution in [0.2, 0.25) is 0 Å². The lowest BCUT2D eigenvalue weighted by molar-refractivity contribution is 0.476. The van der Waals surface area contributed by atoms with E-state index in [4.69, 9.17) is 10.5 Å². The number of hydrogen-bond donors (Lipinski definition) is 1. The standard InChI is InChI=1S/C13H12Br2N2O/c14-10-6-11(8-17-7-10)18-13-2-1-9(3-4-16)5-12(13)15/h1-2,5-8H,3-4,16H2. The predicted molar refractivity (Wildman–Crippen MR) is 78.9 cm³/mol. The molecule has 94 valence electrons. The molecular formula is C13H12Br2N2O. The number of benzene rings is 1. The van der Waals surface area contributed by atoms with Gasteiger partial charge in [0, 0.05) is 10.7 Å². The van der Waals surface area contributed by atoms with Gasteiger partial charge in [-0.15, -0.1) is 0 Å². The number of rotatable bonds is 4. The number of aromatic nitrogens is 1. The molecule has 0 aliphatic carbocycles. The summed E-state index contributed by atoms with van der Waals surface area (Å²) in [4.78, 5) is 4.05. The van der Waals surface area contributed by atoms with E-state index in [2.05, 4.69) is 36.8 Å². The Kier molecular flexibility index (Phi) is 4.74. The minimum atomic E-state index is 0.641. The van der Waals surface area contributed by atoms with E-state index in [1.807, 2.05) is 24.3 Å². The number of nitrogens with zero attached hydrogens (tertiary/aromatic N) is 1. The molecule has 0 fully saturated rings. The fraction of sp³-hybridized carbons (Fsp3) is 0.154. The molecule has 0 aliphatic heterocycles. The largest absolute Gasteiger partial charge is 0.455 e. The van der Waals surface area contributed by atoms with Gasteiger partial charge in [0.1, 0.15) is 11.5 Å². The maximum Gasteiger partial charge on any atom is 0.146 e. The van der Waals surface area contributed by atoms with Crippen LogP contribution in [0, 0.1) is 0 Å². The van der Waals surface area contributed by atoms with Gasteiger partial charge in [-0.05, 0) is 68.6 Å². The highest BCUT2D eigenvalue weighted by Crippen LogP contribution is 2.31. The van der Waals surface area contributed by atoms with Crippen molar-refractivity contribution in [2.24, 2.45) is 5.73 Å². The predicted octanol–water partition coefficient (Wildman–Crippen LogP) is 3.90. The van der Waals surface area contributed by atoms with Crippen molar-refractivity contribution in [2.45, 2.75) is 6.42 Å². The number of nitrogens with two attached hydrogens (primary N) is 1. The molecule has 18 heavy (non-hydrogen) atoms. The van der Waals surface area contributed by atoms with Crippen LogP contribution < -0.4 is 10.5 Å². The molecule has 1 heterocycles. The monoisotopic (exact) mass is 370 g/mol. The summed E-state index contributed by atoms with van der Waals surface area (Å²) >= 11 is 6.85. The third-order valence-electron chi connectivity index (χ3n) is 2.34. The molecule has 0 bridgehead atoms. The Morgan fingerprint density at radius 3 is 2.67 bits per heavy atom. The van der Waals surface area contributed by atoms with Gasteiger partial charge in [-0.2, -0.15) is 0 Å². The van der Waals surface area contributed by atoms with Crippen molar-refractivity contribution in [1.82, 2.24) is 4.98 Å². The molecule has 0 unspecified atom stereocenters. The minimum absolute atomic E-state index is 0.641. The van der Waals surface area contributed by atoms with Gasteiger partial charge in [-0.1, -0.05) is 6.07 Å². The Labute approximate surface area is 123 Å². The zero-order valence-electron chi connectivity index (χ0n) is 9.57. The van der Waals surface area contributed by atoms with Crippen LogP contribution in [0.3, 0.4) is 0 Å². The van der Waals surface area contributed by atoms with Gasteiger partial charge in [-0.25, -0.2) is 0 Å². The Morgan fingerprint density at radius 1 is 1.17 bits per heavy atom. The average molecular weight is 372 g/mol. The lowest BCUT2D eigenvalue weighted by Crippen LogP contribution is -2.02. The third-order valence-corrected chi connectivity index (χ3v) is 3.39.